The van der Waals surface area contributed by atoms with E-state index in [4.69, 9.17) is 34.6 Å². The maximum absolute atomic E-state index is 10.3. The van der Waals surface area contributed by atoms with Crippen molar-refractivity contribution < 1.29 is 49.0 Å². The van der Waals surface area contributed by atoms with Gasteiger partial charge in [-0.1, -0.05) is 18.2 Å². The first-order chi connectivity index (χ1) is 31.9. The summed E-state index contributed by atoms with van der Waals surface area (Å²) < 4.78 is 15.7. The first kappa shape index (κ1) is 53.2. The molecule has 0 saturated carbocycles. The molecule has 6 rings (SSSR count). The third-order valence-corrected chi connectivity index (χ3v) is 8.17. The maximum Gasteiger partial charge on any atom is 0.336 e. The first-order valence-electron chi connectivity index (χ1n) is 20.6. The lowest BCUT2D eigenvalue weighted by atomic mass is 9.96. The number of carboxylic acid groups (broad SMARTS) is 3. The molecule has 356 valence electrons. The zero-order valence-electron chi connectivity index (χ0n) is 38.6. The molecule has 0 aromatic carbocycles. The Morgan fingerprint density at radius 3 is 0.985 bits per heavy atom. The second-order valence-corrected chi connectivity index (χ2v) is 14.9. The van der Waals surface area contributed by atoms with Crippen molar-refractivity contribution in [3.63, 3.8) is 0 Å². The van der Waals surface area contributed by atoms with Crippen LogP contribution in [0.15, 0.2) is 91.8 Å². The van der Waals surface area contributed by atoms with E-state index >= 15 is 0 Å². The first-order valence-corrected chi connectivity index (χ1v) is 20.6. The average molecular weight is 925 g/mol. The van der Waals surface area contributed by atoms with Crippen molar-refractivity contribution >= 4 is 35.4 Å². The zero-order valence-corrected chi connectivity index (χ0v) is 38.6. The molecule has 22 heteroatoms. The minimum Gasteiger partial charge on any atom is -0.491 e. The SMILES string of the molecule is COc1cnc(-c2ccccn2)nc1NC(C)C.COc1cnc(-c2ccccn2)nc1NC(C)C.COc1cnc(-c2ccccn2)nc1NC(C)C.O=C(O)CC(O)(CC(=O)O)C(=O)O. The van der Waals surface area contributed by atoms with Gasteiger partial charge in [-0.25, -0.2) is 34.7 Å². The van der Waals surface area contributed by atoms with Crippen LogP contribution in [-0.2, 0) is 14.4 Å². The summed E-state index contributed by atoms with van der Waals surface area (Å²) in [7, 11) is 4.81. The largest absolute Gasteiger partial charge is 0.491 e. The van der Waals surface area contributed by atoms with E-state index in [9.17, 15) is 14.4 Å². The summed E-state index contributed by atoms with van der Waals surface area (Å²) in [5.41, 5.74) is -0.511. The molecule has 0 fully saturated rings. The van der Waals surface area contributed by atoms with E-state index in [0.717, 1.165) is 17.1 Å². The summed E-state index contributed by atoms with van der Waals surface area (Å²) in [6.45, 7) is 12.3. The zero-order chi connectivity index (χ0) is 49.5. The number of pyridine rings is 3. The molecular formula is C45H56N12O10. The number of hydrogen-bond acceptors (Lipinski definition) is 19. The topological polar surface area (TPSA) is 312 Å². The number of aliphatic hydroxyl groups is 1. The molecule has 0 radical (unpaired) electrons. The van der Waals surface area contributed by atoms with Gasteiger partial charge in [0, 0.05) is 36.7 Å². The lowest BCUT2D eigenvalue weighted by Crippen LogP contribution is -2.42. The molecule has 0 saturated heterocycles. The second kappa shape index (κ2) is 26.6. The Hall–Kier alpha value is -8.14. The Labute approximate surface area is 387 Å². The summed E-state index contributed by atoms with van der Waals surface area (Å²) in [4.78, 5) is 69.3. The van der Waals surface area contributed by atoms with Crippen molar-refractivity contribution in [2.24, 2.45) is 0 Å². The summed E-state index contributed by atoms with van der Waals surface area (Å²) in [6.07, 6.45) is 7.84. The molecule has 6 aromatic heterocycles. The second-order valence-electron chi connectivity index (χ2n) is 14.9. The number of carboxylic acids is 3. The summed E-state index contributed by atoms with van der Waals surface area (Å²) in [6, 6.07) is 17.7. The van der Waals surface area contributed by atoms with Gasteiger partial charge in [0.15, 0.2) is 57.8 Å². The molecule has 7 N–H and O–H groups in total. The summed E-state index contributed by atoms with van der Waals surface area (Å²) in [5.74, 6) is 0.665. The highest BCUT2D eigenvalue weighted by atomic mass is 16.5. The Balaban J connectivity index is 0.000000239. The average Bonchev–Trinajstić information content (AvgIpc) is 3.29. The van der Waals surface area contributed by atoms with Gasteiger partial charge in [-0.2, -0.15) is 0 Å². The van der Waals surface area contributed by atoms with Crippen LogP contribution in [0, 0.1) is 0 Å². The molecule has 0 spiro atoms. The van der Waals surface area contributed by atoms with Gasteiger partial charge in [0.2, 0.25) is 0 Å². The molecule has 0 aliphatic rings. The fourth-order valence-electron chi connectivity index (χ4n) is 5.26. The normalized spacial score (nSPS) is 10.5. The molecule has 0 amide bonds. The highest BCUT2D eigenvalue weighted by molar-refractivity contribution is 5.88. The highest BCUT2D eigenvalue weighted by Crippen LogP contribution is 2.26. The van der Waals surface area contributed by atoms with Gasteiger partial charge in [0.1, 0.15) is 17.1 Å². The molecule has 0 atom stereocenters. The Bertz CT molecular complexity index is 2220. The molecule has 0 aliphatic carbocycles. The van der Waals surface area contributed by atoms with E-state index in [2.05, 4.69) is 60.8 Å². The van der Waals surface area contributed by atoms with Crippen molar-refractivity contribution in [3.8, 4) is 51.8 Å². The molecule has 6 aromatic rings. The Kier molecular flexibility index (Phi) is 21.1. The van der Waals surface area contributed by atoms with Crippen LogP contribution in [0.1, 0.15) is 54.4 Å². The van der Waals surface area contributed by atoms with Crippen molar-refractivity contribution in [2.45, 2.75) is 78.1 Å². The van der Waals surface area contributed by atoms with Gasteiger partial charge in [0.25, 0.3) is 0 Å². The predicted octanol–water partition coefficient (Wildman–Crippen LogP) is 5.85. The summed E-state index contributed by atoms with van der Waals surface area (Å²) >= 11 is 0. The number of aliphatic carboxylic acids is 3. The molecule has 0 bridgehead atoms. The lowest BCUT2D eigenvalue weighted by Gasteiger charge is -2.18. The number of nitrogens with one attached hydrogen (secondary N) is 3. The molecular weight excluding hydrogens is 869 g/mol. The van der Waals surface area contributed by atoms with Crippen molar-refractivity contribution in [2.75, 3.05) is 37.3 Å². The third-order valence-electron chi connectivity index (χ3n) is 8.17. The van der Waals surface area contributed by atoms with Gasteiger partial charge < -0.3 is 50.6 Å². The van der Waals surface area contributed by atoms with E-state index in [-0.39, 0.29) is 18.1 Å². The molecule has 67 heavy (non-hydrogen) atoms. The number of carbonyl (C=O) groups is 3. The Morgan fingerprint density at radius 1 is 0.507 bits per heavy atom. The number of anilines is 3. The third kappa shape index (κ3) is 17.7. The standard InChI is InChI=1S/3C13H16N4O.C6H8O7/c3*1-9(2)16-13-11(18-3)8-15-12(17-13)10-6-4-5-7-14-10;7-3(8)1-6(13,5(11)12)2-4(9)10/h3*4-9H,1-3H3,(H,15,16,17);13H,1-2H2,(H,7,8)(H,9,10)(H,11,12). The van der Waals surface area contributed by atoms with Crippen LogP contribution >= 0.6 is 0 Å². The smallest absolute Gasteiger partial charge is 0.336 e. The van der Waals surface area contributed by atoms with Crippen LogP contribution in [0.2, 0.25) is 0 Å². The number of hydrogen-bond donors (Lipinski definition) is 7. The maximum atomic E-state index is 10.3. The van der Waals surface area contributed by atoms with Gasteiger partial charge in [-0.05, 0) is 77.9 Å². The van der Waals surface area contributed by atoms with Gasteiger partial charge >= 0.3 is 17.9 Å². The van der Waals surface area contributed by atoms with Crippen LogP contribution < -0.4 is 30.2 Å². The molecule has 0 unspecified atom stereocenters. The van der Waals surface area contributed by atoms with E-state index in [1.165, 1.54) is 0 Å². The van der Waals surface area contributed by atoms with E-state index in [0.29, 0.717) is 52.2 Å². The van der Waals surface area contributed by atoms with Crippen LogP contribution in [0.4, 0.5) is 17.5 Å². The van der Waals surface area contributed by atoms with Gasteiger partial charge in [-0.3, -0.25) is 24.5 Å². The lowest BCUT2D eigenvalue weighted by molar-refractivity contribution is -0.170. The fourth-order valence-corrected chi connectivity index (χ4v) is 5.26. The van der Waals surface area contributed by atoms with Gasteiger partial charge in [-0.15, -0.1) is 0 Å². The van der Waals surface area contributed by atoms with Crippen LogP contribution in [0.5, 0.6) is 17.2 Å². The van der Waals surface area contributed by atoms with Crippen LogP contribution in [0.3, 0.4) is 0 Å². The van der Waals surface area contributed by atoms with Crippen LogP contribution in [-0.4, -0.2) is 128 Å². The number of nitrogens with zero attached hydrogens (tertiary/aromatic N) is 9. The number of ether oxygens (including phenoxy) is 3. The van der Waals surface area contributed by atoms with Crippen molar-refractivity contribution in [1.82, 2.24) is 44.9 Å². The minimum absolute atomic E-state index is 0.269. The number of rotatable bonds is 17. The quantitative estimate of drug-likeness (QED) is 0.0564. The fraction of sp³-hybridized carbons (Fsp3) is 0.333. The minimum atomic E-state index is -2.74. The van der Waals surface area contributed by atoms with Crippen molar-refractivity contribution in [3.05, 3.63) is 91.8 Å². The van der Waals surface area contributed by atoms with E-state index < -0.39 is 36.4 Å². The van der Waals surface area contributed by atoms with Gasteiger partial charge in [0.05, 0.1) is 52.8 Å². The molecule has 22 nitrogen and oxygen atoms in total. The number of methoxy groups -OCH3 is 3. The van der Waals surface area contributed by atoms with Crippen LogP contribution in [0.25, 0.3) is 34.6 Å². The number of aromatic nitrogens is 9. The predicted molar refractivity (Wildman–Crippen MR) is 249 cm³/mol. The molecule has 0 aliphatic heterocycles. The molecule has 6 heterocycles. The Morgan fingerprint density at radius 2 is 0.791 bits per heavy atom. The van der Waals surface area contributed by atoms with Crippen molar-refractivity contribution in [1.29, 1.82) is 0 Å². The van der Waals surface area contributed by atoms with E-state index in [1.807, 2.05) is 96.1 Å². The van der Waals surface area contributed by atoms with E-state index in [1.54, 1.807) is 58.5 Å². The summed E-state index contributed by atoms with van der Waals surface area (Å²) in [5, 5.41) is 43.5. The highest BCUT2D eigenvalue weighted by Gasteiger charge is 2.40. The monoisotopic (exact) mass is 924 g/mol.